The van der Waals surface area contributed by atoms with Crippen LogP contribution < -0.4 is 10.1 Å². The van der Waals surface area contributed by atoms with Crippen LogP contribution >= 0.6 is 0 Å². The molecular weight excluding hydrogens is 402 g/mol. The fraction of sp³-hybridized carbons (Fsp3) is 0.560. The summed E-state index contributed by atoms with van der Waals surface area (Å²) in [4.78, 5) is 26.2. The van der Waals surface area contributed by atoms with Gasteiger partial charge >= 0.3 is 0 Å². The largest absolute Gasteiger partial charge is 0.497 e. The first-order chi connectivity index (χ1) is 15.5. The van der Waals surface area contributed by atoms with E-state index >= 15 is 0 Å². The predicted octanol–water partition coefficient (Wildman–Crippen LogP) is 3.24. The predicted molar refractivity (Wildman–Crippen MR) is 126 cm³/mol. The Kier molecular flexibility index (Phi) is 7.25. The normalized spacial score (nSPS) is 18.8. The Hall–Kier alpha value is -2.67. The molecule has 1 saturated heterocycles. The monoisotopic (exact) mass is 437 g/mol. The van der Waals surface area contributed by atoms with Gasteiger partial charge in [0.2, 0.25) is 5.91 Å². The van der Waals surface area contributed by atoms with Crippen LogP contribution in [0.4, 0.5) is 5.82 Å². The molecule has 3 heterocycles. The number of ether oxygens (including phenoxy) is 1. The van der Waals surface area contributed by atoms with Gasteiger partial charge in [0.05, 0.1) is 19.3 Å². The number of aromatic nitrogens is 2. The number of likely N-dealkylation sites (N-methyl/N-ethyl adjacent to an activating group) is 1. The molecule has 4 rings (SSSR count). The molecule has 172 valence electrons. The molecule has 1 atom stereocenters. The number of rotatable bonds is 7. The smallest absolute Gasteiger partial charge is 0.219 e. The van der Waals surface area contributed by atoms with Gasteiger partial charge in [-0.15, -0.1) is 0 Å². The van der Waals surface area contributed by atoms with Crippen molar-refractivity contribution in [2.45, 2.75) is 51.5 Å². The second-order valence-electron chi connectivity index (χ2n) is 9.03. The third-order valence-corrected chi connectivity index (χ3v) is 6.61. The maximum atomic E-state index is 12.0. The second-order valence-corrected chi connectivity index (χ2v) is 9.03. The number of amides is 1. The number of fused-ring (bicyclic) bond motifs is 1. The van der Waals surface area contributed by atoms with Crippen molar-refractivity contribution in [3.63, 3.8) is 0 Å². The maximum absolute atomic E-state index is 12.0. The van der Waals surface area contributed by atoms with Gasteiger partial charge in [0, 0.05) is 44.5 Å². The third kappa shape index (κ3) is 5.38. The first-order valence-corrected chi connectivity index (χ1v) is 11.7. The van der Waals surface area contributed by atoms with E-state index in [0.717, 1.165) is 80.5 Å². The lowest BCUT2D eigenvalue weighted by atomic mass is 9.96. The molecule has 0 bridgehead atoms. The first kappa shape index (κ1) is 22.5. The van der Waals surface area contributed by atoms with Gasteiger partial charge in [0.25, 0.3) is 0 Å². The molecule has 1 aromatic heterocycles. The molecule has 32 heavy (non-hydrogen) atoms. The van der Waals surface area contributed by atoms with Gasteiger partial charge in [0.15, 0.2) is 0 Å². The van der Waals surface area contributed by atoms with Crippen molar-refractivity contribution in [1.29, 1.82) is 0 Å². The van der Waals surface area contributed by atoms with Gasteiger partial charge in [-0.05, 0) is 57.0 Å². The van der Waals surface area contributed by atoms with E-state index in [1.54, 1.807) is 14.0 Å². The molecule has 0 spiro atoms. The minimum Gasteiger partial charge on any atom is -0.497 e. The Morgan fingerprint density at radius 1 is 1.22 bits per heavy atom. The van der Waals surface area contributed by atoms with Crippen molar-refractivity contribution in [1.82, 2.24) is 19.8 Å². The number of anilines is 1. The van der Waals surface area contributed by atoms with Gasteiger partial charge in [-0.25, -0.2) is 9.97 Å². The van der Waals surface area contributed by atoms with E-state index < -0.39 is 0 Å². The first-order valence-electron chi connectivity index (χ1n) is 11.7. The molecule has 1 unspecified atom stereocenters. The van der Waals surface area contributed by atoms with Crippen LogP contribution in [0.2, 0.25) is 0 Å². The topological polar surface area (TPSA) is 70.6 Å². The lowest BCUT2D eigenvalue weighted by Crippen LogP contribution is -2.36. The molecule has 1 N–H and O–H groups in total. The van der Waals surface area contributed by atoms with Crippen molar-refractivity contribution in [2.24, 2.45) is 0 Å². The number of nitrogens with one attached hydrogen (secondary N) is 1. The van der Waals surface area contributed by atoms with Gasteiger partial charge in [-0.2, -0.15) is 0 Å². The van der Waals surface area contributed by atoms with Gasteiger partial charge in [-0.3, -0.25) is 4.79 Å². The summed E-state index contributed by atoms with van der Waals surface area (Å²) in [6, 6.07) is 8.25. The highest BCUT2D eigenvalue weighted by Gasteiger charge is 2.27. The number of carbonyl (C=O) groups excluding carboxylic acids is 1. The van der Waals surface area contributed by atoms with Gasteiger partial charge in [0.1, 0.15) is 17.4 Å². The van der Waals surface area contributed by atoms with E-state index in [2.05, 4.69) is 29.4 Å². The van der Waals surface area contributed by atoms with E-state index in [0.29, 0.717) is 12.5 Å². The summed E-state index contributed by atoms with van der Waals surface area (Å²) >= 11 is 0. The zero-order chi connectivity index (χ0) is 22.5. The summed E-state index contributed by atoms with van der Waals surface area (Å²) in [6.07, 6.45) is 5.12. The van der Waals surface area contributed by atoms with E-state index in [4.69, 9.17) is 14.7 Å². The Bertz CT molecular complexity index is 931. The van der Waals surface area contributed by atoms with Crippen LogP contribution in [0.15, 0.2) is 24.3 Å². The Labute approximate surface area is 191 Å². The summed E-state index contributed by atoms with van der Waals surface area (Å²) < 4.78 is 5.24. The molecular formula is C25H35N5O2. The summed E-state index contributed by atoms with van der Waals surface area (Å²) in [5.41, 5.74) is 3.49. The van der Waals surface area contributed by atoms with Crippen LogP contribution in [0.25, 0.3) is 0 Å². The SMILES string of the molecule is COc1ccc(CCCNc2nc(C3CCCN(C)C3)nc3c2CN(C(C)=O)CC3)cc1. The number of aryl methyl sites for hydroxylation is 1. The van der Waals surface area contributed by atoms with Gasteiger partial charge in [-0.1, -0.05) is 12.1 Å². The van der Waals surface area contributed by atoms with E-state index in [1.165, 1.54) is 12.0 Å². The average Bonchev–Trinajstić information content (AvgIpc) is 2.81. The molecule has 7 heteroatoms. The van der Waals surface area contributed by atoms with E-state index in [-0.39, 0.29) is 5.91 Å². The Morgan fingerprint density at radius 2 is 2.03 bits per heavy atom. The third-order valence-electron chi connectivity index (χ3n) is 6.61. The zero-order valence-corrected chi connectivity index (χ0v) is 19.6. The summed E-state index contributed by atoms with van der Waals surface area (Å²) in [5, 5.41) is 3.59. The summed E-state index contributed by atoms with van der Waals surface area (Å²) in [7, 11) is 3.86. The van der Waals surface area contributed by atoms with Crippen LogP contribution in [0, 0.1) is 0 Å². The summed E-state index contributed by atoms with van der Waals surface area (Å²) in [5.74, 6) is 3.25. The Morgan fingerprint density at radius 3 is 2.75 bits per heavy atom. The number of nitrogens with zero attached hydrogens (tertiary/aromatic N) is 4. The molecule has 1 amide bonds. The van der Waals surface area contributed by atoms with Gasteiger partial charge < -0.3 is 19.9 Å². The van der Waals surface area contributed by atoms with Crippen LogP contribution in [0.1, 0.15) is 54.7 Å². The minimum absolute atomic E-state index is 0.110. The van der Waals surface area contributed by atoms with Crippen molar-refractivity contribution >= 4 is 11.7 Å². The fourth-order valence-corrected chi connectivity index (χ4v) is 4.70. The van der Waals surface area contributed by atoms with E-state index in [9.17, 15) is 4.79 Å². The van der Waals surface area contributed by atoms with E-state index in [1.807, 2.05) is 17.0 Å². The number of hydrogen-bond acceptors (Lipinski definition) is 6. The lowest BCUT2D eigenvalue weighted by molar-refractivity contribution is -0.129. The molecule has 2 aliphatic rings. The molecule has 0 radical (unpaired) electrons. The number of benzene rings is 1. The van der Waals surface area contributed by atoms with Crippen LogP contribution in [0.3, 0.4) is 0 Å². The molecule has 1 aromatic carbocycles. The second kappa shape index (κ2) is 10.3. The van der Waals surface area contributed by atoms with Crippen LogP contribution in [-0.2, 0) is 24.2 Å². The standard InChI is InChI=1S/C25H35N5O2/c1-18(31)30-15-12-23-22(17-30)25(28-24(27-23)20-7-5-14-29(2)16-20)26-13-4-6-19-8-10-21(32-3)11-9-19/h8-11,20H,4-7,12-17H2,1-3H3,(H,26,27,28). The highest BCUT2D eigenvalue weighted by atomic mass is 16.5. The highest BCUT2D eigenvalue weighted by molar-refractivity contribution is 5.74. The Balaban J connectivity index is 1.47. The zero-order valence-electron chi connectivity index (χ0n) is 19.6. The average molecular weight is 438 g/mol. The highest BCUT2D eigenvalue weighted by Crippen LogP contribution is 2.29. The molecule has 2 aromatic rings. The molecule has 0 aliphatic carbocycles. The number of piperidine rings is 1. The molecule has 1 fully saturated rings. The molecule has 0 saturated carbocycles. The van der Waals surface area contributed by atoms with Crippen molar-refractivity contribution in [3.8, 4) is 5.75 Å². The molecule has 7 nitrogen and oxygen atoms in total. The lowest BCUT2D eigenvalue weighted by Gasteiger charge is -2.32. The maximum Gasteiger partial charge on any atom is 0.219 e. The summed E-state index contributed by atoms with van der Waals surface area (Å²) in [6.45, 7) is 5.96. The number of carbonyl (C=O) groups is 1. The van der Waals surface area contributed by atoms with Crippen molar-refractivity contribution in [3.05, 3.63) is 46.9 Å². The minimum atomic E-state index is 0.110. The quantitative estimate of drug-likeness (QED) is 0.671. The van der Waals surface area contributed by atoms with Crippen molar-refractivity contribution in [2.75, 3.05) is 45.7 Å². The van der Waals surface area contributed by atoms with Crippen LogP contribution in [-0.4, -0.2) is 66.0 Å². The fourth-order valence-electron chi connectivity index (χ4n) is 4.70. The van der Waals surface area contributed by atoms with Crippen molar-refractivity contribution < 1.29 is 9.53 Å². The number of methoxy groups -OCH3 is 1. The number of hydrogen-bond donors (Lipinski definition) is 1. The molecule has 2 aliphatic heterocycles. The number of likely N-dealkylation sites (tertiary alicyclic amines) is 1. The van der Waals surface area contributed by atoms with Crippen LogP contribution in [0.5, 0.6) is 5.75 Å².